The van der Waals surface area contributed by atoms with E-state index in [0.717, 1.165) is 17.4 Å². The molecule has 3 aromatic heterocycles. The fourth-order valence-electron chi connectivity index (χ4n) is 9.37. The van der Waals surface area contributed by atoms with Crippen LogP contribution in [0.15, 0.2) is 79.1 Å². The number of allylic oxidation sites excluding steroid dienone is 2. The zero-order valence-electron chi connectivity index (χ0n) is 48.9. The molecule has 0 radical (unpaired) electrons. The molecule has 1 aromatic carbocycles. The van der Waals surface area contributed by atoms with Gasteiger partial charge < -0.3 is 45.9 Å². The molecule has 8 N–H and O–H groups in total. The maximum Gasteiger partial charge on any atom is 0.333 e. The SMILES string of the molecule is C=C/C1=C\CNCCCCCC(=O)NC(Cc2ccc([SH](=O)=O)s2)C(=O)NCCCCC(C(=O)NCCCCCC(=O)ON2C(=O)CCC2=O)NC(=O)C(Cc2ccc(S(=O)(=O)O)s2)NC(=O)CCCCCOc2cc(C)c(cc2S(=O)(=O)O)-c2cnc1o2. The Balaban J connectivity index is 1.19. The maximum atomic E-state index is 14.3. The first-order valence-corrected chi connectivity index (χ1v) is 34.6. The van der Waals surface area contributed by atoms with Crippen molar-refractivity contribution < 1.29 is 86.7 Å². The Kier molecular flexibility index (Phi) is 27.6. The van der Waals surface area contributed by atoms with E-state index in [1.165, 1.54) is 30.5 Å². The molecule has 0 aliphatic carbocycles. The summed E-state index contributed by atoms with van der Waals surface area (Å²) in [7, 11) is -12.4. The van der Waals surface area contributed by atoms with Gasteiger partial charge in [-0.3, -0.25) is 42.7 Å². The summed E-state index contributed by atoms with van der Waals surface area (Å²) in [6.07, 6.45) is 8.41. The number of nitrogens with one attached hydrogen (secondary N) is 6. The second-order valence-electron chi connectivity index (χ2n) is 21.0. The van der Waals surface area contributed by atoms with Gasteiger partial charge in [-0.05, 0) is 120 Å². The summed E-state index contributed by atoms with van der Waals surface area (Å²) in [6.45, 7) is 6.61. The second kappa shape index (κ2) is 34.7. The van der Waals surface area contributed by atoms with Crippen molar-refractivity contribution in [2.45, 2.75) is 160 Å². The van der Waals surface area contributed by atoms with Crippen molar-refractivity contribution in [3.63, 3.8) is 0 Å². The molecule has 1 saturated heterocycles. The number of carbonyl (C=O) groups is 8. The number of rotatable bonds is 16. The number of unbranched alkanes of at least 4 members (excludes halogenated alkanes) is 2. The lowest BCUT2D eigenvalue weighted by Gasteiger charge is -2.23. The van der Waals surface area contributed by atoms with Gasteiger partial charge in [-0.15, -0.1) is 27.7 Å². The first-order chi connectivity index (χ1) is 42.4. The van der Waals surface area contributed by atoms with Crippen LogP contribution in [0.4, 0.5) is 0 Å². The molecular formula is C57H74N8O19S5. The number of hydroxylamine groups is 2. The number of thiol groups is 1. The van der Waals surface area contributed by atoms with Crippen LogP contribution >= 0.6 is 22.7 Å². The van der Waals surface area contributed by atoms with Crippen molar-refractivity contribution in [2.24, 2.45) is 0 Å². The van der Waals surface area contributed by atoms with Gasteiger partial charge in [0.05, 0.1) is 12.8 Å². The summed E-state index contributed by atoms with van der Waals surface area (Å²) < 4.78 is 104. The van der Waals surface area contributed by atoms with Crippen molar-refractivity contribution in [3.05, 3.63) is 82.5 Å². The summed E-state index contributed by atoms with van der Waals surface area (Å²) in [6, 6.07) is 4.38. The molecule has 3 atom stereocenters. The largest absolute Gasteiger partial charge is 0.492 e. The maximum absolute atomic E-state index is 14.3. The van der Waals surface area contributed by atoms with Crippen molar-refractivity contribution in [3.8, 4) is 17.1 Å². The zero-order valence-corrected chi connectivity index (χ0v) is 53.1. The van der Waals surface area contributed by atoms with Gasteiger partial charge in [0.2, 0.25) is 35.4 Å². The molecule has 3 aliphatic heterocycles. The Morgan fingerprint density at radius 1 is 0.798 bits per heavy atom. The van der Waals surface area contributed by atoms with Crippen LogP contribution in [0.1, 0.15) is 130 Å². The summed E-state index contributed by atoms with van der Waals surface area (Å²) >= 11 is 1.63. The van der Waals surface area contributed by atoms with Crippen LogP contribution in [-0.2, 0) is 87.0 Å². The highest BCUT2D eigenvalue weighted by molar-refractivity contribution is 7.88. The number of aromatic nitrogens is 1. The van der Waals surface area contributed by atoms with E-state index >= 15 is 0 Å². The van der Waals surface area contributed by atoms with E-state index in [4.69, 9.17) is 14.0 Å². The predicted molar refractivity (Wildman–Crippen MR) is 326 cm³/mol. The Morgan fingerprint density at radius 3 is 2.11 bits per heavy atom. The quantitative estimate of drug-likeness (QED) is 0.0324. The highest BCUT2D eigenvalue weighted by Crippen LogP contribution is 2.35. The fourth-order valence-corrected chi connectivity index (χ4v) is 13.4. The lowest BCUT2D eigenvalue weighted by molar-refractivity contribution is -0.197. The number of hydrogen-bond donors (Lipinski definition) is 9. The zero-order chi connectivity index (χ0) is 64.7. The number of thiophene rings is 2. The molecule has 0 spiro atoms. The van der Waals surface area contributed by atoms with Gasteiger partial charge in [-0.1, -0.05) is 31.6 Å². The van der Waals surface area contributed by atoms with Crippen LogP contribution in [0.3, 0.4) is 0 Å². The lowest BCUT2D eigenvalue weighted by Crippen LogP contribution is -2.54. The number of imide groups is 1. The molecule has 89 heavy (non-hydrogen) atoms. The first kappa shape index (κ1) is 70.9. The van der Waals surface area contributed by atoms with Crippen molar-refractivity contribution in [2.75, 3.05) is 32.8 Å². The van der Waals surface area contributed by atoms with Crippen molar-refractivity contribution in [1.29, 1.82) is 0 Å². The van der Waals surface area contributed by atoms with E-state index in [1.807, 2.05) is 0 Å². The number of aryl methyl sites for hydroxylation is 1. The van der Waals surface area contributed by atoms with E-state index in [2.05, 4.69) is 43.5 Å². The highest BCUT2D eigenvalue weighted by atomic mass is 32.3. The molecule has 6 heterocycles. The minimum absolute atomic E-state index is 0.00679. The predicted octanol–water partition coefficient (Wildman–Crippen LogP) is 4.42. The average Bonchev–Trinajstić information content (AvgIpc) is 2.88. The van der Waals surface area contributed by atoms with Crippen LogP contribution in [0.2, 0.25) is 0 Å². The van der Waals surface area contributed by atoms with Crippen molar-refractivity contribution >= 4 is 107 Å². The second-order valence-corrected chi connectivity index (χ2v) is 27.7. The Morgan fingerprint density at radius 2 is 1.46 bits per heavy atom. The molecule has 4 bridgehead atoms. The Hall–Kier alpha value is -7.20. The van der Waals surface area contributed by atoms with E-state index in [9.17, 15) is 72.7 Å². The number of hydrogen-bond acceptors (Lipinski definition) is 21. The molecule has 3 aliphatic rings. The molecule has 7 rings (SSSR count). The molecule has 4 aromatic rings. The smallest absolute Gasteiger partial charge is 0.333 e. The lowest BCUT2D eigenvalue weighted by atomic mass is 10.1. The number of amides is 7. The summed E-state index contributed by atoms with van der Waals surface area (Å²) in [4.78, 5) is 115. The number of benzene rings is 1. The minimum atomic E-state index is -4.83. The molecule has 7 amide bonds. The third-order valence-electron chi connectivity index (χ3n) is 14.1. The third-order valence-corrected chi connectivity index (χ3v) is 19.5. The summed E-state index contributed by atoms with van der Waals surface area (Å²) in [5.74, 6) is -4.79. The van der Waals surface area contributed by atoms with Gasteiger partial charge >= 0.3 is 16.1 Å². The molecule has 27 nitrogen and oxygen atoms in total. The first-order valence-electron chi connectivity index (χ1n) is 28.9. The van der Waals surface area contributed by atoms with Gasteiger partial charge in [0.15, 0.2) is 16.5 Å². The van der Waals surface area contributed by atoms with Crippen LogP contribution in [0, 0.1) is 6.92 Å². The molecule has 3 unspecified atom stereocenters. The van der Waals surface area contributed by atoms with Gasteiger partial charge in [0, 0.05) is 85.5 Å². The Bertz CT molecular complexity index is 3510. The molecule has 1 fully saturated rings. The van der Waals surface area contributed by atoms with E-state index in [-0.39, 0.29) is 123 Å². The van der Waals surface area contributed by atoms with E-state index in [1.54, 1.807) is 25.1 Å². The van der Waals surface area contributed by atoms with Gasteiger partial charge in [0.1, 0.15) is 37.2 Å². The number of carbonyl (C=O) groups excluding carboxylic acids is 8. The molecule has 32 heteroatoms. The number of ether oxygens (including phenoxy) is 1. The van der Waals surface area contributed by atoms with Gasteiger partial charge in [-0.2, -0.15) is 16.8 Å². The Labute approximate surface area is 525 Å². The van der Waals surface area contributed by atoms with Gasteiger partial charge in [-0.25, -0.2) is 18.2 Å². The average molecular weight is 1340 g/mol. The third kappa shape index (κ3) is 23.0. The molecule has 0 saturated carbocycles. The summed E-state index contributed by atoms with van der Waals surface area (Å²) in [5, 5.41) is 17.5. The standard InChI is InChI=1S/C57H74N8O19S5/c1-3-37-25-29-58-26-11-4-7-16-47(66)62-42(32-38-19-23-52(85-38)87(74)75)55(72)60-28-13-10-15-41(54(71)59-27-12-5-9-18-51(70)84-65-49(68)21-22-50(65)69)64-56(73)43(33-39-20-24-53(86-39)89(79,80)81)63-48(67)17-8-6-14-30-82-44-31-36(2)40(34-46(44)88(76,77)78)45-35-61-57(37)83-45/h3,19-20,23-25,31,34-35,41-43,58,87H,1,4-18,21-22,26-30,32-33H2,2H3,(H,59,71)(H,60,72)(H,62,66)(H,63,67)(H,64,73)(H,76,77,78)(H,79,80,81)/b37-25+. The monoisotopic (exact) mass is 1330 g/mol. The molecular weight excluding hydrogens is 1260 g/mol. The van der Waals surface area contributed by atoms with E-state index < -0.39 is 105 Å². The summed E-state index contributed by atoms with van der Waals surface area (Å²) in [5.41, 5.74) is 1.38. The number of oxazole rings is 1. The van der Waals surface area contributed by atoms with Crippen LogP contribution in [-0.4, -0.2) is 143 Å². The number of nitrogens with zero attached hydrogens (tertiary/aromatic N) is 2. The minimum Gasteiger partial charge on any atom is -0.492 e. The van der Waals surface area contributed by atoms with Crippen LogP contribution in [0.25, 0.3) is 16.9 Å². The highest BCUT2D eigenvalue weighted by Gasteiger charge is 2.33. The fraction of sp³-hybridized carbons (Fsp3) is 0.491. The number of fused-ring (bicyclic) bond motifs is 30. The van der Waals surface area contributed by atoms with Crippen LogP contribution in [0.5, 0.6) is 5.75 Å². The topological polar surface area (TPSA) is 399 Å². The van der Waals surface area contributed by atoms with Crippen LogP contribution < -0.4 is 36.6 Å². The van der Waals surface area contributed by atoms with Gasteiger partial charge in [0.25, 0.3) is 21.9 Å². The van der Waals surface area contributed by atoms with Crippen molar-refractivity contribution in [1.82, 2.24) is 41.9 Å². The normalized spacial score (nSPS) is 19.8. The molecule has 486 valence electrons. The van der Waals surface area contributed by atoms with E-state index in [0.29, 0.717) is 96.0 Å².